The first-order valence-corrected chi connectivity index (χ1v) is 7.30. The van der Waals surface area contributed by atoms with E-state index < -0.39 is 0 Å². The predicted octanol–water partition coefficient (Wildman–Crippen LogP) is 1.58. The van der Waals surface area contributed by atoms with E-state index in [9.17, 15) is 0 Å². The fourth-order valence-corrected chi connectivity index (χ4v) is 2.60. The maximum atomic E-state index is 5.56. The summed E-state index contributed by atoms with van der Waals surface area (Å²) < 4.78 is 5.56. The summed E-state index contributed by atoms with van der Waals surface area (Å²) in [7, 11) is 1.78. The normalized spacial score (nSPS) is 22.9. The van der Waals surface area contributed by atoms with Crippen LogP contribution in [0, 0.1) is 5.92 Å². The second-order valence-corrected chi connectivity index (χ2v) is 5.41. The molecule has 6 heteroatoms. The van der Waals surface area contributed by atoms with E-state index >= 15 is 0 Å². The fourth-order valence-electron chi connectivity index (χ4n) is 2.60. The van der Waals surface area contributed by atoms with Gasteiger partial charge in [-0.05, 0) is 18.8 Å². The van der Waals surface area contributed by atoms with Crippen molar-refractivity contribution < 1.29 is 4.74 Å². The molecule has 0 spiro atoms. The maximum Gasteiger partial charge on any atom is 0.145 e. The zero-order chi connectivity index (χ0) is 14.5. The molecule has 0 amide bonds. The van der Waals surface area contributed by atoms with Gasteiger partial charge in [0.1, 0.15) is 17.5 Å². The Morgan fingerprint density at radius 1 is 1.50 bits per heavy atom. The number of hydrogen-bond donors (Lipinski definition) is 2. The highest BCUT2D eigenvalue weighted by atomic mass is 16.5. The smallest absolute Gasteiger partial charge is 0.145 e. The Hall–Kier alpha value is -1.40. The van der Waals surface area contributed by atoms with Gasteiger partial charge in [-0.25, -0.2) is 15.8 Å². The van der Waals surface area contributed by atoms with E-state index in [0.717, 1.165) is 44.0 Å². The maximum absolute atomic E-state index is 5.56. The summed E-state index contributed by atoms with van der Waals surface area (Å²) in [6, 6.07) is 1.90. The van der Waals surface area contributed by atoms with Gasteiger partial charge in [-0.2, -0.15) is 0 Å². The molecule has 2 unspecified atom stereocenters. The molecule has 1 aliphatic heterocycles. The summed E-state index contributed by atoms with van der Waals surface area (Å²) >= 11 is 0. The molecule has 0 aromatic carbocycles. The number of ether oxygens (including phenoxy) is 1. The van der Waals surface area contributed by atoms with Gasteiger partial charge in [-0.1, -0.05) is 13.8 Å². The molecule has 0 bridgehead atoms. The van der Waals surface area contributed by atoms with Crippen LogP contribution < -0.4 is 16.2 Å². The second kappa shape index (κ2) is 6.85. The van der Waals surface area contributed by atoms with Gasteiger partial charge in [0.15, 0.2) is 0 Å². The van der Waals surface area contributed by atoms with Crippen LogP contribution >= 0.6 is 0 Å². The topological polar surface area (TPSA) is 76.3 Å². The number of aryl methyl sites for hydroxylation is 1. The molecule has 2 atom stereocenters. The van der Waals surface area contributed by atoms with Crippen LogP contribution in [0.3, 0.4) is 0 Å². The van der Waals surface area contributed by atoms with Gasteiger partial charge in [0.05, 0.1) is 6.10 Å². The zero-order valence-electron chi connectivity index (χ0n) is 12.6. The Kier molecular flexibility index (Phi) is 5.14. The number of rotatable bonds is 5. The SMILES string of the molecule is CCCc1nc(NN)cc(N2CCC(C)C(OC)C2)n1. The number of nitrogens with two attached hydrogens (primary N) is 1. The van der Waals surface area contributed by atoms with Crippen LogP contribution in [0.25, 0.3) is 0 Å². The Labute approximate surface area is 120 Å². The van der Waals surface area contributed by atoms with Crippen molar-refractivity contribution in [2.75, 3.05) is 30.5 Å². The lowest BCUT2D eigenvalue weighted by Gasteiger charge is -2.37. The Bertz CT molecular complexity index is 440. The lowest BCUT2D eigenvalue weighted by Crippen LogP contribution is -2.44. The van der Waals surface area contributed by atoms with E-state index in [2.05, 4.69) is 34.1 Å². The Morgan fingerprint density at radius 3 is 2.95 bits per heavy atom. The predicted molar refractivity (Wildman–Crippen MR) is 80.6 cm³/mol. The van der Waals surface area contributed by atoms with Crippen molar-refractivity contribution in [3.05, 3.63) is 11.9 Å². The van der Waals surface area contributed by atoms with Gasteiger partial charge in [-0.15, -0.1) is 0 Å². The highest BCUT2D eigenvalue weighted by Gasteiger charge is 2.27. The number of anilines is 2. The van der Waals surface area contributed by atoms with E-state index in [1.165, 1.54) is 0 Å². The van der Waals surface area contributed by atoms with E-state index in [-0.39, 0.29) is 6.10 Å². The van der Waals surface area contributed by atoms with Crippen molar-refractivity contribution in [1.82, 2.24) is 9.97 Å². The lowest BCUT2D eigenvalue weighted by atomic mass is 9.96. The molecule has 1 fully saturated rings. The number of methoxy groups -OCH3 is 1. The molecule has 112 valence electrons. The van der Waals surface area contributed by atoms with E-state index in [1.807, 2.05) is 6.07 Å². The van der Waals surface area contributed by atoms with E-state index in [0.29, 0.717) is 11.7 Å². The third-order valence-electron chi connectivity index (χ3n) is 3.90. The first-order chi connectivity index (χ1) is 9.67. The fraction of sp³-hybridized carbons (Fsp3) is 0.714. The molecular formula is C14H25N5O. The third-order valence-corrected chi connectivity index (χ3v) is 3.90. The minimum absolute atomic E-state index is 0.252. The number of hydrazine groups is 1. The summed E-state index contributed by atoms with van der Waals surface area (Å²) in [5, 5.41) is 0. The number of hydrogen-bond acceptors (Lipinski definition) is 6. The number of nitrogen functional groups attached to an aromatic ring is 1. The quantitative estimate of drug-likeness (QED) is 0.629. The van der Waals surface area contributed by atoms with Gasteiger partial charge in [-0.3, -0.25) is 0 Å². The van der Waals surface area contributed by atoms with Gasteiger partial charge in [0.2, 0.25) is 0 Å². The lowest BCUT2D eigenvalue weighted by molar-refractivity contribution is 0.0496. The molecule has 3 N–H and O–H groups in total. The number of aromatic nitrogens is 2. The summed E-state index contributed by atoms with van der Waals surface area (Å²) in [4.78, 5) is 11.3. The number of nitrogens with one attached hydrogen (secondary N) is 1. The Morgan fingerprint density at radius 2 is 2.30 bits per heavy atom. The summed E-state index contributed by atoms with van der Waals surface area (Å²) in [5.74, 6) is 8.54. The van der Waals surface area contributed by atoms with Crippen molar-refractivity contribution >= 4 is 11.6 Å². The van der Waals surface area contributed by atoms with Gasteiger partial charge < -0.3 is 15.1 Å². The largest absolute Gasteiger partial charge is 0.379 e. The molecule has 1 saturated heterocycles. The molecule has 6 nitrogen and oxygen atoms in total. The summed E-state index contributed by atoms with van der Waals surface area (Å²) in [5.41, 5.74) is 2.63. The average Bonchev–Trinajstić information content (AvgIpc) is 2.47. The van der Waals surface area contributed by atoms with Gasteiger partial charge >= 0.3 is 0 Å². The van der Waals surface area contributed by atoms with Crippen LogP contribution in [0.5, 0.6) is 0 Å². The van der Waals surface area contributed by atoms with Gasteiger partial charge in [0, 0.05) is 32.7 Å². The summed E-state index contributed by atoms with van der Waals surface area (Å²) in [6.45, 7) is 6.22. The van der Waals surface area contributed by atoms with Crippen molar-refractivity contribution in [1.29, 1.82) is 0 Å². The number of nitrogens with zero attached hydrogens (tertiary/aromatic N) is 3. The van der Waals surface area contributed by atoms with Crippen molar-refractivity contribution in [2.45, 2.75) is 39.2 Å². The van der Waals surface area contributed by atoms with Crippen LogP contribution in [0.2, 0.25) is 0 Å². The molecular weight excluding hydrogens is 254 g/mol. The standard InChI is InChI=1S/C14H25N5O/c1-4-5-12-16-13(18-15)8-14(17-12)19-7-6-10(2)11(9-19)20-3/h8,10-11H,4-7,9,15H2,1-3H3,(H,16,17,18). The van der Waals surface area contributed by atoms with Crippen molar-refractivity contribution in [3.8, 4) is 0 Å². The van der Waals surface area contributed by atoms with Crippen LogP contribution in [-0.2, 0) is 11.2 Å². The minimum Gasteiger partial charge on any atom is -0.379 e. The van der Waals surface area contributed by atoms with Crippen LogP contribution in [0.15, 0.2) is 6.07 Å². The minimum atomic E-state index is 0.252. The van der Waals surface area contributed by atoms with Crippen LogP contribution in [0.1, 0.15) is 32.5 Å². The van der Waals surface area contributed by atoms with Crippen molar-refractivity contribution in [2.24, 2.45) is 11.8 Å². The molecule has 20 heavy (non-hydrogen) atoms. The first kappa shape index (κ1) is 15.0. The highest BCUT2D eigenvalue weighted by molar-refractivity contribution is 5.49. The summed E-state index contributed by atoms with van der Waals surface area (Å²) in [6.07, 6.45) is 3.24. The number of piperidine rings is 1. The third kappa shape index (κ3) is 3.37. The molecule has 0 radical (unpaired) electrons. The first-order valence-electron chi connectivity index (χ1n) is 7.30. The van der Waals surface area contributed by atoms with E-state index in [4.69, 9.17) is 10.6 Å². The van der Waals surface area contributed by atoms with Crippen molar-refractivity contribution in [3.63, 3.8) is 0 Å². The second-order valence-electron chi connectivity index (χ2n) is 5.41. The van der Waals surface area contributed by atoms with Gasteiger partial charge in [0.25, 0.3) is 0 Å². The molecule has 0 aliphatic carbocycles. The Balaban J connectivity index is 2.20. The molecule has 1 aromatic rings. The van der Waals surface area contributed by atoms with Crippen LogP contribution in [0.4, 0.5) is 11.6 Å². The van der Waals surface area contributed by atoms with Crippen LogP contribution in [-0.4, -0.2) is 36.3 Å². The molecule has 2 heterocycles. The van der Waals surface area contributed by atoms with E-state index in [1.54, 1.807) is 7.11 Å². The zero-order valence-corrected chi connectivity index (χ0v) is 12.6. The average molecular weight is 279 g/mol. The molecule has 0 saturated carbocycles. The molecule has 2 rings (SSSR count). The molecule has 1 aromatic heterocycles. The highest BCUT2D eigenvalue weighted by Crippen LogP contribution is 2.25. The molecule has 1 aliphatic rings. The monoisotopic (exact) mass is 279 g/mol.